The Balaban J connectivity index is 1.22. The summed E-state index contributed by atoms with van der Waals surface area (Å²) in [7, 11) is 0. The lowest BCUT2D eigenvalue weighted by Gasteiger charge is -2.56. The highest BCUT2D eigenvalue weighted by atomic mass is 16.2. The number of nitrogens with zero attached hydrogens (tertiary/aromatic N) is 2. The molecule has 0 radical (unpaired) electrons. The standard InChI is InChI=1S/C24H32N2O2/c27-22(14-18-5-2-1-3-6-18)25-7-4-8-26(10-9-25)23(28)24-15-19-11-20(16-24)13-21(12-19)17-24/h1-3,5-6,19-21H,4,7-17H2. The van der Waals surface area contributed by atoms with Gasteiger partial charge < -0.3 is 9.80 Å². The zero-order valence-corrected chi connectivity index (χ0v) is 16.8. The Hall–Kier alpha value is -1.84. The van der Waals surface area contributed by atoms with E-state index >= 15 is 0 Å². The summed E-state index contributed by atoms with van der Waals surface area (Å²) in [6, 6.07) is 9.97. The molecule has 5 fully saturated rings. The van der Waals surface area contributed by atoms with Gasteiger partial charge in [0.2, 0.25) is 11.8 Å². The summed E-state index contributed by atoms with van der Waals surface area (Å²) >= 11 is 0. The maximum Gasteiger partial charge on any atom is 0.228 e. The molecule has 1 aromatic rings. The van der Waals surface area contributed by atoms with Crippen molar-refractivity contribution in [3.05, 3.63) is 35.9 Å². The van der Waals surface area contributed by atoms with E-state index in [2.05, 4.69) is 4.90 Å². The van der Waals surface area contributed by atoms with Crippen molar-refractivity contribution in [2.75, 3.05) is 26.2 Å². The first-order chi connectivity index (χ1) is 13.6. The summed E-state index contributed by atoms with van der Waals surface area (Å²) in [5.41, 5.74) is 1.01. The second kappa shape index (κ2) is 7.20. The number of carbonyl (C=O) groups is 2. The second-order valence-electron chi connectivity index (χ2n) is 9.89. The van der Waals surface area contributed by atoms with Crippen LogP contribution in [0, 0.1) is 23.2 Å². The van der Waals surface area contributed by atoms with E-state index in [9.17, 15) is 9.59 Å². The third-order valence-corrected chi connectivity index (χ3v) is 7.83. The van der Waals surface area contributed by atoms with Crippen LogP contribution in [-0.4, -0.2) is 47.8 Å². The molecule has 0 N–H and O–H groups in total. The molecule has 6 rings (SSSR count). The molecule has 4 aliphatic carbocycles. The fourth-order valence-corrected chi connectivity index (χ4v) is 6.96. The van der Waals surface area contributed by atoms with Gasteiger partial charge in [-0.25, -0.2) is 0 Å². The average molecular weight is 381 g/mol. The van der Waals surface area contributed by atoms with Crippen LogP contribution in [0.4, 0.5) is 0 Å². The Kier molecular flexibility index (Phi) is 4.68. The van der Waals surface area contributed by atoms with Crippen molar-refractivity contribution in [1.82, 2.24) is 9.80 Å². The molecule has 150 valence electrons. The molecular formula is C24H32N2O2. The fourth-order valence-electron chi connectivity index (χ4n) is 6.96. The van der Waals surface area contributed by atoms with Gasteiger partial charge in [0.1, 0.15) is 0 Å². The number of hydrogen-bond donors (Lipinski definition) is 0. The SMILES string of the molecule is O=C(Cc1ccccc1)N1CCCN(C(=O)C23CC4CC(CC(C4)C2)C3)CC1. The molecule has 1 saturated heterocycles. The molecule has 0 atom stereocenters. The van der Waals surface area contributed by atoms with Gasteiger partial charge in [0.15, 0.2) is 0 Å². The zero-order chi connectivity index (χ0) is 19.1. The van der Waals surface area contributed by atoms with Crippen LogP contribution in [-0.2, 0) is 16.0 Å². The van der Waals surface area contributed by atoms with E-state index in [0.717, 1.165) is 62.1 Å². The van der Waals surface area contributed by atoms with Crippen molar-refractivity contribution in [3.8, 4) is 0 Å². The van der Waals surface area contributed by atoms with Crippen LogP contribution in [0.5, 0.6) is 0 Å². The lowest BCUT2D eigenvalue weighted by Crippen LogP contribution is -2.55. The largest absolute Gasteiger partial charge is 0.341 e. The molecule has 5 aliphatic rings. The summed E-state index contributed by atoms with van der Waals surface area (Å²) in [5.74, 6) is 3.00. The minimum atomic E-state index is -0.0576. The molecule has 4 saturated carbocycles. The van der Waals surface area contributed by atoms with E-state index in [1.165, 1.54) is 19.3 Å². The predicted octanol–water partition coefficient (Wildman–Crippen LogP) is 3.51. The Morgan fingerprint density at radius 3 is 2.04 bits per heavy atom. The van der Waals surface area contributed by atoms with Crippen LogP contribution < -0.4 is 0 Å². The maximum atomic E-state index is 13.6. The van der Waals surface area contributed by atoms with Crippen LogP contribution in [0.1, 0.15) is 50.5 Å². The molecule has 2 amide bonds. The fraction of sp³-hybridized carbons (Fsp3) is 0.667. The Labute approximate surface area is 168 Å². The number of amides is 2. The molecule has 0 spiro atoms. The monoisotopic (exact) mass is 380 g/mol. The summed E-state index contributed by atoms with van der Waals surface area (Å²) < 4.78 is 0. The summed E-state index contributed by atoms with van der Waals surface area (Å²) in [4.78, 5) is 30.4. The van der Waals surface area contributed by atoms with Crippen molar-refractivity contribution < 1.29 is 9.59 Å². The van der Waals surface area contributed by atoms with Crippen LogP contribution in [0.2, 0.25) is 0 Å². The Morgan fingerprint density at radius 1 is 0.821 bits per heavy atom. The van der Waals surface area contributed by atoms with E-state index in [-0.39, 0.29) is 11.3 Å². The maximum absolute atomic E-state index is 13.6. The number of carbonyl (C=O) groups excluding carboxylic acids is 2. The van der Waals surface area contributed by atoms with E-state index in [1.54, 1.807) is 0 Å². The molecule has 1 aliphatic heterocycles. The average Bonchev–Trinajstić information content (AvgIpc) is 2.93. The molecule has 1 aromatic carbocycles. The molecule has 4 bridgehead atoms. The molecule has 28 heavy (non-hydrogen) atoms. The van der Waals surface area contributed by atoms with Gasteiger partial charge in [-0.15, -0.1) is 0 Å². The first-order valence-corrected chi connectivity index (χ1v) is 11.2. The molecule has 1 heterocycles. The lowest BCUT2D eigenvalue weighted by atomic mass is 9.49. The minimum absolute atomic E-state index is 0.0576. The van der Waals surface area contributed by atoms with Crippen molar-refractivity contribution >= 4 is 11.8 Å². The van der Waals surface area contributed by atoms with E-state index in [4.69, 9.17) is 0 Å². The Morgan fingerprint density at radius 2 is 1.39 bits per heavy atom. The second-order valence-corrected chi connectivity index (χ2v) is 9.89. The van der Waals surface area contributed by atoms with E-state index in [0.29, 0.717) is 25.4 Å². The third-order valence-electron chi connectivity index (χ3n) is 7.83. The quantitative estimate of drug-likeness (QED) is 0.805. The smallest absolute Gasteiger partial charge is 0.228 e. The topological polar surface area (TPSA) is 40.6 Å². The van der Waals surface area contributed by atoms with Gasteiger partial charge in [0.25, 0.3) is 0 Å². The van der Waals surface area contributed by atoms with E-state index < -0.39 is 0 Å². The first-order valence-electron chi connectivity index (χ1n) is 11.2. The summed E-state index contributed by atoms with van der Waals surface area (Å²) in [6.07, 6.45) is 8.86. The zero-order valence-electron chi connectivity index (χ0n) is 16.8. The predicted molar refractivity (Wildman–Crippen MR) is 109 cm³/mol. The van der Waals surface area contributed by atoms with Gasteiger partial charge in [0, 0.05) is 26.2 Å². The summed E-state index contributed by atoms with van der Waals surface area (Å²) in [5, 5.41) is 0. The molecular weight excluding hydrogens is 348 g/mol. The van der Waals surface area contributed by atoms with Crippen LogP contribution >= 0.6 is 0 Å². The van der Waals surface area contributed by atoms with Crippen molar-refractivity contribution in [2.24, 2.45) is 23.2 Å². The number of benzene rings is 1. The highest BCUT2D eigenvalue weighted by Gasteiger charge is 2.55. The van der Waals surface area contributed by atoms with Gasteiger partial charge in [-0.3, -0.25) is 9.59 Å². The normalized spacial score (nSPS) is 34.4. The molecule has 0 aromatic heterocycles. The third kappa shape index (κ3) is 3.35. The van der Waals surface area contributed by atoms with Crippen LogP contribution in [0.25, 0.3) is 0 Å². The minimum Gasteiger partial charge on any atom is -0.341 e. The molecule has 4 nitrogen and oxygen atoms in total. The highest BCUT2D eigenvalue weighted by molar-refractivity contribution is 5.84. The van der Waals surface area contributed by atoms with Gasteiger partial charge in [-0.1, -0.05) is 30.3 Å². The summed E-state index contributed by atoms with van der Waals surface area (Å²) in [6.45, 7) is 2.98. The molecule has 4 heteroatoms. The van der Waals surface area contributed by atoms with Crippen LogP contribution in [0.15, 0.2) is 30.3 Å². The first kappa shape index (κ1) is 18.2. The lowest BCUT2D eigenvalue weighted by molar-refractivity contribution is -0.157. The highest BCUT2D eigenvalue weighted by Crippen LogP contribution is 2.60. The van der Waals surface area contributed by atoms with Gasteiger partial charge in [-0.05, 0) is 68.3 Å². The van der Waals surface area contributed by atoms with Crippen molar-refractivity contribution in [3.63, 3.8) is 0 Å². The van der Waals surface area contributed by atoms with Crippen molar-refractivity contribution in [2.45, 2.75) is 51.4 Å². The van der Waals surface area contributed by atoms with Gasteiger partial charge >= 0.3 is 0 Å². The van der Waals surface area contributed by atoms with Gasteiger partial charge in [0.05, 0.1) is 11.8 Å². The number of rotatable bonds is 3. The number of hydrogen-bond acceptors (Lipinski definition) is 2. The Bertz CT molecular complexity index is 709. The van der Waals surface area contributed by atoms with Crippen LogP contribution in [0.3, 0.4) is 0 Å². The van der Waals surface area contributed by atoms with Gasteiger partial charge in [-0.2, -0.15) is 0 Å². The molecule has 0 unspecified atom stereocenters. The van der Waals surface area contributed by atoms with Crippen molar-refractivity contribution in [1.29, 1.82) is 0 Å². The van der Waals surface area contributed by atoms with E-state index in [1.807, 2.05) is 35.2 Å².